The quantitative estimate of drug-likeness (QED) is 0.187. The number of anilines is 1. The molecule has 3 N–H and O–H groups in total. The number of pyridine rings is 1. The van der Waals surface area contributed by atoms with E-state index >= 15 is 0 Å². The van der Waals surface area contributed by atoms with E-state index in [2.05, 4.69) is 29.5 Å². The van der Waals surface area contributed by atoms with Gasteiger partial charge in [0.1, 0.15) is 11.5 Å². The van der Waals surface area contributed by atoms with Gasteiger partial charge in [0.15, 0.2) is 0 Å². The normalized spacial score (nSPS) is 16.4. The van der Waals surface area contributed by atoms with E-state index < -0.39 is 11.9 Å². The lowest BCUT2D eigenvalue weighted by molar-refractivity contribution is -0.122. The summed E-state index contributed by atoms with van der Waals surface area (Å²) >= 11 is 0. The maximum Gasteiger partial charge on any atom is 0.337 e. The molecule has 0 aliphatic heterocycles. The van der Waals surface area contributed by atoms with Crippen molar-refractivity contribution in [1.29, 1.82) is 0 Å². The first-order chi connectivity index (χ1) is 20.7. The number of para-hydroxylation sites is 1. The molecular formula is C34H35N3O6. The number of fused-ring (bicyclic) bond motifs is 1. The molecule has 1 saturated carbocycles. The van der Waals surface area contributed by atoms with E-state index in [9.17, 15) is 19.5 Å². The number of carboxylic acids is 1. The highest BCUT2D eigenvalue weighted by molar-refractivity contribution is 6.07. The number of aromatic carboxylic acids is 1. The van der Waals surface area contributed by atoms with Gasteiger partial charge in [0.2, 0.25) is 11.8 Å². The van der Waals surface area contributed by atoms with Crippen molar-refractivity contribution in [1.82, 2.24) is 10.3 Å². The fourth-order valence-corrected chi connectivity index (χ4v) is 5.18. The van der Waals surface area contributed by atoms with Crippen LogP contribution in [-0.4, -0.2) is 40.0 Å². The molecule has 1 heterocycles. The molecule has 0 bridgehead atoms. The number of aromatic nitrogens is 1. The molecule has 5 rings (SSSR count). The highest BCUT2D eigenvalue weighted by Crippen LogP contribution is 2.30. The average Bonchev–Trinajstić information content (AvgIpc) is 2.98. The van der Waals surface area contributed by atoms with Crippen LogP contribution in [0.5, 0.6) is 17.4 Å². The van der Waals surface area contributed by atoms with Gasteiger partial charge < -0.3 is 25.2 Å². The largest absolute Gasteiger partial charge is 0.490 e. The predicted molar refractivity (Wildman–Crippen MR) is 164 cm³/mol. The number of carboxylic acid groups (broad SMARTS) is 1. The van der Waals surface area contributed by atoms with Crippen molar-refractivity contribution in [2.75, 3.05) is 5.32 Å². The first kappa shape index (κ1) is 29.6. The molecule has 0 unspecified atom stereocenters. The van der Waals surface area contributed by atoms with Gasteiger partial charge in [-0.15, -0.1) is 0 Å². The van der Waals surface area contributed by atoms with Gasteiger partial charge in [-0.2, -0.15) is 0 Å². The lowest BCUT2D eigenvalue weighted by Gasteiger charge is -2.29. The van der Waals surface area contributed by atoms with Gasteiger partial charge in [-0.3, -0.25) is 9.59 Å². The van der Waals surface area contributed by atoms with Crippen LogP contribution >= 0.6 is 0 Å². The van der Waals surface area contributed by atoms with Crippen molar-refractivity contribution < 1.29 is 29.0 Å². The summed E-state index contributed by atoms with van der Waals surface area (Å²) in [4.78, 5) is 40.4. The zero-order valence-corrected chi connectivity index (χ0v) is 24.2. The summed E-state index contributed by atoms with van der Waals surface area (Å²) in [5.41, 5.74) is 0.480. The smallest absolute Gasteiger partial charge is 0.337 e. The SMILES string of the molecule is CC(C)CC(=O)NC1CCC(Oc2ccc3cc(Oc4ccc(C(=O)Nc5ccccc5C(=O)O)cn4)ccc3c2)CC1. The number of rotatable bonds is 10. The molecule has 0 saturated heterocycles. The second kappa shape index (κ2) is 13.4. The third-order valence-corrected chi connectivity index (χ3v) is 7.35. The number of nitrogens with zero attached hydrogens (tertiary/aromatic N) is 1. The van der Waals surface area contributed by atoms with Crippen molar-refractivity contribution in [2.24, 2.45) is 5.92 Å². The number of amides is 2. The molecule has 9 heteroatoms. The Bertz CT molecular complexity index is 1610. The summed E-state index contributed by atoms with van der Waals surface area (Å²) in [6, 6.07) is 21.3. The van der Waals surface area contributed by atoms with Crippen LogP contribution in [0.4, 0.5) is 5.69 Å². The zero-order valence-electron chi connectivity index (χ0n) is 24.2. The van der Waals surface area contributed by atoms with Gasteiger partial charge in [-0.25, -0.2) is 9.78 Å². The third kappa shape index (κ3) is 7.88. The fraction of sp³-hybridized carbons (Fsp3) is 0.294. The van der Waals surface area contributed by atoms with E-state index in [0.29, 0.717) is 24.0 Å². The van der Waals surface area contributed by atoms with Gasteiger partial charge >= 0.3 is 5.97 Å². The molecule has 9 nitrogen and oxygen atoms in total. The molecule has 1 aromatic heterocycles. The first-order valence-corrected chi connectivity index (χ1v) is 14.5. The fourth-order valence-electron chi connectivity index (χ4n) is 5.18. The Kier molecular flexibility index (Phi) is 9.20. The molecule has 1 fully saturated rings. The number of carbonyl (C=O) groups is 3. The zero-order chi connectivity index (χ0) is 30.3. The van der Waals surface area contributed by atoms with E-state index in [1.54, 1.807) is 24.3 Å². The molecule has 1 aliphatic rings. The summed E-state index contributed by atoms with van der Waals surface area (Å²) in [5.74, 6) is 0.621. The molecule has 0 atom stereocenters. The number of hydrogen-bond acceptors (Lipinski definition) is 6. The lowest BCUT2D eigenvalue weighted by atomic mass is 9.92. The van der Waals surface area contributed by atoms with Gasteiger partial charge in [0.25, 0.3) is 5.91 Å². The van der Waals surface area contributed by atoms with Crippen LogP contribution in [0.15, 0.2) is 79.0 Å². The van der Waals surface area contributed by atoms with Crippen molar-refractivity contribution in [3.8, 4) is 17.4 Å². The number of carbonyl (C=O) groups excluding carboxylic acids is 2. The molecule has 2 amide bonds. The van der Waals surface area contributed by atoms with Gasteiger partial charge in [-0.05, 0) is 84.8 Å². The summed E-state index contributed by atoms with van der Waals surface area (Å²) in [5, 5.41) is 17.1. The van der Waals surface area contributed by atoms with Crippen molar-refractivity contribution in [2.45, 2.75) is 58.1 Å². The van der Waals surface area contributed by atoms with Crippen LogP contribution in [0, 0.1) is 5.92 Å². The minimum Gasteiger partial charge on any atom is -0.490 e. The number of benzene rings is 3. The Morgan fingerprint density at radius 3 is 2.28 bits per heavy atom. The van der Waals surface area contributed by atoms with Gasteiger partial charge in [0, 0.05) is 24.7 Å². The van der Waals surface area contributed by atoms with Crippen LogP contribution in [0.1, 0.15) is 66.7 Å². The Balaban J connectivity index is 1.15. The first-order valence-electron chi connectivity index (χ1n) is 14.5. The van der Waals surface area contributed by atoms with E-state index in [0.717, 1.165) is 42.2 Å². The minimum absolute atomic E-state index is 0.00469. The summed E-state index contributed by atoms with van der Waals surface area (Å²) in [7, 11) is 0. The topological polar surface area (TPSA) is 127 Å². The van der Waals surface area contributed by atoms with Crippen molar-refractivity contribution in [3.05, 3.63) is 90.1 Å². The molecule has 1 aliphatic carbocycles. The predicted octanol–water partition coefficient (Wildman–Crippen LogP) is 6.83. The van der Waals surface area contributed by atoms with Crippen molar-refractivity contribution >= 4 is 34.2 Å². The van der Waals surface area contributed by atoms with Crippen LogP contribution in [-0.2, 0) is 4.79 Å². The summed E-state index contributed by atoms with van der Waals surface area (Å²) in [6.07, 6.45) is 5.71. The van der Waals surface area contributed by atoms with Gasteiger partial charge in [-0.1, -0.05) is 38.1 Å². The lowest BCUT2D eigenvalue weighted by Crippen LogP contribution is -2.40. The molecule has 3 aromatic carbocycles. The van der Waals surface area contributed by atoms with E-state index in [1.165, 1.54) is 18.3 Å². The molecule has 4 aromatic rings. The van der Waals surface area contributed by atoms with Crippen LogP contribution in [0.3, 0.4) is 0 Å². The second-order valence-electron chi connectivity index (χ2n) is 11.2. The van der Waals surface area contributed by atoms with Gasteiger partial charge in [0.05, 0.1) is 22.9 Å². The Labute approximate surface area is 250 Å². The molecule has 0 spiro atoms. The van der Waals surface area contributed by atoms with Crippen molar-refractivity contribution in [3.63, 3.8) is 0 Å². The van der Waals surface area contributed by atoms with E-state index in [-0.39, 0.29) is 34.9 Å². The molecule has 222 valence electrons. The van der Waals surface area contributed by atoms with Crippen LogP contribution < -0.4 is 20.1 Å². The second-order valence-corrected chi connectivity index (χ2v) is 11.2. The third-order valence-electron chi connectivity index (χ3n) is 7.35. The highest BCUT2D eigenvalue weighted by atomic mass is 16.5. The summed E-state index contributed by atoms with van der Waals surface area (Å²) in [6.45, 7) is 4.10. The maximum atomic E-state index is 12.6. The van der Waals surface area contributed by atoms with Crippen LogP contribution in [0.25, 0.3) is 10.8 Å². The van der Waals surface area contributed by atoms with E-state index in [1.807, 2.05) is 36.4 Å². The number of hydrogen-bond donors (Lipinski definition) is 3. The monoisotopic (exact) mass is 581 g/mol. The molecular weight excluding hydrogens is 546 g/mol. The Morgan fingerprint density at radius 2 is 1.60 bits per heavy atom. The molecule has 43 heavy (non-hydrogen) atoms. The summed E-state index contributed by atoms with van der Waals surface area (Å²) < 4.78 is 12.2. The van der Waals surface area contributed by atoms with E-state index in [4.69, 9.17) is 9.47 Å². The minimum atomic E-state index is -1.13. The molecule has 0 radical (unpaired) electrons. The number of ether oxygens (including phenoxy) is 2. The highest BCUT2D eigenvalue weighted by Gasteiger charge is 2.24. The standard InChI is InChI=1S/C34H35N3O6/c1-21(2)17-31(38)36-25-10-14-26(15-11-25)42-27-12-7-23-19-28(13-8-22(23)18-27)43-32-16-9-24(20-35-32)33(39)37-30-6-4-3-5-29(30)34(40)41/h3-9,12-13,16,18-21,25-26H,10-11,14-15,17H2,1-2H3,(H,36,38)(H,37,39)(H,40,41). The maximum absolute atomic E-state index is 12.6. The average molecular weight is 582 g/mol. The van der Waals surface area contributed by atoms with Crippen LogP contribution in [0.2, 0.25) is 0 Å². The Morgan fingerprint density at radius 1 is 0.907 bits per heavy atom. The number of nitrogens with one attached hydrogen (secondary N) is 2. The Hall–Kier alpha value is -4.92.